The molecule has 0 saturated carbocycles. The molecule has 0 amide bonds. The van der Waals surface area contributed by atoms with Gasteiger partial charge in [-0.2, -0.15) is 4.98 Å². The van der Waals surface area contributed by atoms with Crippen LogP contribution in [0.5, 0.6) is 11.5 Å². The van der Waals surface area contributed by atoms with Gasteiger partial charge in [-0.1, -0.05) is 30.3 Å². The first-order valence-electron chi connectivity index (χ1n) is 9.18. The lowest BCUT2D eigenvalue weighted by atomic mass is 10.1. The molecule has 2 aromatic carbocycles. The second kappa shape index (κ2) is 5.69. The number of ether oxygens (including phenoxy) is 2. The molecule has 28 heavy (non-hydrogen) atoms. The normalized spacial score (nSPS) is 13.8. The first kappa shape index (κ1) is 15.9. The number of hydrogen-bond acceptors (Lipinski definition) is 5. The lowest BCUT2D eigenvalue weighted by Crippen LogP contribution is -2.12. The Kier molecular flexibility index (Phi) is 3.23. The van der Waals surface area contributed by atoms with E-state index in [0.29, 0.717) is 0 Å². The lowest BCUT2D eigenvalue weighted by molar-refractivity contribution is 0.174. The summed E-state index contributed by atoms with van der Waals surface area (Å²) in [5.74, 6) is 2.35. The first-order chi connectivity index (χ1) is 13.7. The molecule has 0 saturated heterocycles. The van der Waals surface area contributed by atoms with Crippen LogP contribution in [0.25, 0.3) is 21.6 Å². The van der Waals surface area contributed by atoms with Crippen molar-refractivity contribution in [2.24, 2.45) is 0 Å². The highest BCUT2D eigenvalue weighted by atomic mass is 32.1. The third-order valence-electron chi connectivity index (χ3n) is 5.54. The van der Waals surface area contributed by atoms with E-state index in [1.807, 2.05) is 37.3 Å². The monoisotopic (exact) mass is 388 g/mol. The van der Waals surface area contributed by atoms with E-state index in [1.54, 1.807) is 11.3 Å². The average Bonchev–Trinajstić information content (AvgIpc) is 3.38. The van der Waals surface area contributed by atoms with E-state index in [-0.39, 0.29) is 12.4 Å². The second-order valence-corrected chi connectivity index (χ2v) is 8.26. The minimum Gasteiger partial charge on any atom is -0.454 e. The van der Waals surface area contributed by atoms with Crippen LogP contribution in [0.1, 0.15) is 21.6 Å². The van der Waals surface area contributed by atoms with Crippen LogP contribution in [-0.4, -0.2) is 16.3 Å². The molecular formula is C22H16N2O3S. The van der Waals surface area contributed by atoms with Crippen molar-refractivity contribution in [1.82, 2.24) is 9.55 Å². The summed E-state index contributed by atoms with van der Waals surface area (Å²) in [4.78, 5) is 19.5. The molecule has 6 rings (SSSR count). The zero-order chi connectivity index (χ0) is 18.8. The highest BCUT2D eigenvalue weighted by Crippen LogP contribution is 2.38. The highest BCUT2D eigenvalue weighted by Gasteiger charge is 2.25. The van der Waals surface area contributed by atoms with Gasteiger partial charge in [0.05, 0.1) is 11.9 Å². The van der Waals surface area contributed by atoms with E-state index in [0.717, 1.165) is 57.2 Å². The van der Waals surface area contributed by atoms with E-state index >= 15 is 0 Å². The predicted molar refractivity (Wildman–Crippen MR) is 109 cm³/mol. The van der Waals surface area contributed by atoms with Gasteiger partial charge in [0.15, 0.2) is 11.5 Å². The van der Waals surface area contributed by atoms with Gasteiger partial charge in [0.25, 0.3) is 5.56 Å². The number of nitrogens with zero attached hydrogens (tertiary/aromatic N) is 2. The van der Waals surface area contributed by atoms with Crippen molar-refractivity contribution in [2.75, 3.05) is 6.79 Å². The maximum absolute atomic E-state index is 12.8. The molecule has 0 atom stereocenters. The Hall–Kier alpha value is -3.12. The van der Waals surface area contributed by atoms with Crippen LogP contribution in [0.4, 0.5) is 0 Å². The largest absolute Gasteiger partial charge is 0.454 e. The molecule has 5 nitrogen and oxygen atoms in total. The van der Waals surface area contributed by atoms with Crippen molar-refractivity contribution < 1.29 is 9.47 Å². The van der Waals surface area contributed by atoms with Crippen molar-refractivity contribution in [3.05, 3.63) is 74.4 Å². The van der Waals surface area contributed by atoms with Crippen molar-refractivity contribution in [2.45, 2.75) is 19.9 Å². The number of fused-ring (bicyclic) bond motifs is 6. The molecule has 2 aliphatic rings. The minimum atomic E-state index is -0.136. The Labute approximate surface area is 164 Å². The molecule has 2 aromatic heterocycles. The summed E-state index contributed by atoms with van der Waals surface area (Å²) in [6.45, 7) is 3.06. The molecule has 4 aromatic rings. The number of aryl methyl sites for hydroxylation is 1. The van der Waals surface area contributed by atoms with Gasteiger partial charge in [0, 0.05) is 16.9 Å². The van der Waals surface area contributed by atoms with Gasteiger partial charge in [0.2, 0.25) is 6.79 Å². The first-order valence-corrected chi connectivity index (χ1v) is 10.0. The van der Waals surface area contributed by atoms with Gasteiger partial charge < -0.3 is 14.0 Å². The molecule has 138 valence electrons. The fourth-order valence-corrected chi connectivity index (χ4v) is 5.43. The summed E-state index contributed by atoms with van der Waals surface area (Å²) in [7, 11) is 0. The Balaban J connectivity index is 1.49. The number of aromatic nitrogens is 2. The van der Waals surface area contributed by atoms with E-state index in [9.17, 15) is 4.79 Å². The molecule has 0 fully saturated rings. The zero-order valence-corrected chi connectivity index (χ0v) is 16.0. The standard InChI is InChI=1S/C22H16N2O3S/c1-12-18(9-13-6-7-16-17(8-13)27-11-26-16)28-22-19(12)21(25)23-20-15-5-3-2-4-14(15)10-24(20)22/h2-8H,9-11H2,1H3. The molecule has 0 bridgehead atoms. The fourth-order valence-electron chi connectivity index (χ4n) is 4.10. The lowest BCUT2D eigenvalue weighted by Gasteiger charge is -2.04. The van der Waals surface area contributed by atoms with Crippen LogP contribution >= 0.6 is 11.3 Å². The highest BCUT2D eigenvalue weighted by molar-refractivity contribution is 7.19. The Morgan fingerprint density at radius 1 is 1.14 bits per heavy atom. The second-order valence-electron chi connectivity index (χ2n) is 7.18. The van der Waals surface area contributed by atoms with E-state index < -0.39 is 0 Å². The maximum atomic E-state index is 12.8. The molecule has 4 heterocycles. The SMILES string of the molecule is Cc1c(Cc2ccc3c(c2)OCO3)sc2c1c(=O)nc1n2Cc2ccccc2-1. The smallest absolute Gasteiger partial charge is 0.282 e. The quantitative estimate of drug-likeness (QED) is 0.457. The van der Waals surface area contributed by atoms with Crippen LogP contribution in [0.2, 0.25) is 0 Å². The van der Waals surface area contributed by atoms with Crippen LogP contribution in [0.3, 0.4) is 0 Å². The summed E-state index contributed by atoms with van der Waals surface area (Å²) >= 11 is 1.69. The molecule has 6 heteroatoms. The van der Waals surface area contributed by atoms with Crippen LogP contribution in [0, 0.1) is 6.92 Å². The summed E-state index contributed by atoms with van der Waals surface area (Å²) < 4.78 is 13.1. The number of benzene rings is 2. The molecule has 0 N–H and O–H groups in total. The summed E-state index contributed by atoms with van der Waals surface area (Å²) in [5.41, 5.74) is 4.31. The van der Waals surface area contributed by atoms with Gasteiger partial charge in [0.1, 0.15) is 10.7 Å². The van der Waals surface area contributed by atoms with Crippen LogP contribution in [-0.2, 0) is 13.0 Å². The van der Waals surface area contributed by atoms with Crippen LogP contribution < -0.4 is 15.0 Å². The van der Waals surface area contributed by atoms with Gasteiger partial charge >= 0.3 is 0 Å². The van der Waals surface area contributed by atoms with Crippen molar-refractivity contribution >= 4 is 21.6 Å². The molecule has 0 radical (unpaired) electrons. The maximum Gasteiger partial charge on any atom is 0.282 e. The topological polar surface area (TPSA) is 53.4 Å². The van der Waals surface area contributed by atoms with Gasteiger partial charge in [-0.3, -0.25) is 4.79 Å². The van der Waals surface area contributed by atoms with Crippen molar-refractivity contribution in [3.63, 3.8) is 0 Å². The molecule has 0 unspecified atom stereocenters. The third-order valence-corrected chi connectivity index (χ3v) is 6.85. The Morgan fingerprint density at radius 2 is 2.00 bits per heavy atom. The Morgan fingerprint density at radius 3 is 2.93 bits per heavy atom. The van der Waals surface area contributed by atoms with Crippen molar-refractivity contribution in [3.8, 4) is 22.9 Å². The van der Waals surface area contributed by atoms with Gasteiger partial charge in [-0.25, -0.2) is 0 Å². The number of thiophene rings is 1. The summed E-state index contributed by atoms with van der Waals surface area (Å²) in [6, 6.07) is 14.2. The molecular weight excluding hydrogens is 372 g/mol. The molecule has 2 aliphatic heterocycles. The average molecular weight is 388 g/mol. The van der Waals surface area contributed by atoms with E-state index in [2.05, 4.69) is 21.7 Å². The third kappa shape index (κ3) is 2.18. The van der Waals surface area contributed by atoms with Crippen molar-refractivity contribution in [1.29, 1.82) is 0 Å². The van der Waals surface area contributed by atoms with Crippen LogP contribution in [0.15, 0.2) is 47.3 Å². The zero-order valence-electron chi connectivity index (χ0n) is 15.2. The van der Waals surface area contributed by atoms with Gasteiger partial charge in [-0.15, -0.1) is 11.3 Å². The van der Waals surface area contributed by atoms with E-state index in [4.69, 9.17) is 9.47 Å². The summed E-state index contributed by atoms with van der Waals surface area (Å²) in [6.07, 6.45) is 0.754. The van der Waals surface area contributed by atoms with Gasteiger partial charge in [-0.05, 0) is 35.7 Å². The summed E-state index contributed by atoms with van der Waals surface area (Å²) in [5, 5.41) is 0.747. The minimum absolute atomic E-state index is 0.136. The predicted octanol–water partition coefficient (Wildman–Crippen LogP) is 4.11. The number of hydrogen-bond donors (Lipinski definition) is 0. The molecule has 0 aliphatic carbocycles. The fraction of sp³-hybridized carbons (Fsp3) is 0.182. The molecule has 0 spiro atoms. The number of rotatable bonds is 2. The Bertz CT molecular complexity index is 1340. The van der Waals surface area contributed by atoms with E-state index in [1.165, 1.54) is 10.4 Å².